The van der Waals surface area contributed by atoms with Crippen LogP contribution in [0.1, 0.15) is 5.56 Å². The van der Waals surface area contributed by atoms with Gasteiger partial charge >= 0.3 is 0 Å². The van der Waals surface area contributed by atoms with Crippen molar-refractivity contribution in [2.45, 2.75) is 0 Å². The molecule has 0 saturated heterocycles. The smallest absolute Gasteiger partial charge is 0.124 e. The molecule has 0 aromatic heterocycles. The Hall–Kier alpha value is -1.81. The predicted molar refractivity (Wildman–Crippen MR) is 73.5 cm³/mol. The normalized spacial score (nSPS) is 10.6. The lowest BCUT2D eigenvalue weighted by molar-refractivity contribution is 0.474. The van der Waals surface area contributed by atoms with Crippen molar-refractivity contribution in [2.75, 3.05) is 5.43 Å². The molecular formula is C13H11BrN2O. The van der Waals surface area contributed by atoms with Gasteiger partial charge in [-0.25, -0.2) is 0 Å². The quantitative estimate of drug-likeness (QED) is 0.670. The highest BCUT2D eigenvalue weighted by molar-refractivity contribution is 9.10. The highest BCUT2D eigenvalue weighted by Gasteiger charge is 1.94. The summed E-state index contributed by atoms with van der Waals surface area (Å²) < 4.78 is 1.02. The molecule has 0 aliphatic carbocycles. The Morgan fingerprint density at radius 2 is 1.76 bits per heavy atom. The molecule has 86 valence electrons. The molecule has 0 atom stereocenters. The first-order valence-corrected chi connectivity index (χ1v) is 5.87. The first kappa shape index (κ1) is 11.7. The zero-order valence-corrected chi connectivity index (χ0v) is 10.6. The maximum Gasteiger partial charge on any atom is 0.124 e. The van der Waals surface area contributed by atoms with Crippen molar-refractivity contribution in [3.63, 3.8) is 0 Å². The molecule has 0 bridgehead atoms. The first-order valence-electron chi connectivity index (χ1n) is 5.08. The van der Waals surface area contributed by atoms with E-state index in [4.69, 9.17) is 0 Å². The third-order valence-corrected chi connectivity index (χ3v) is 2.71. The van der Waals surface area contributed by atoms with Crippen LogP contribution >= 0.6 is 15.9 Å². The molecule has 0 heterocycles. The number of hydrazone groups is 1. The molecule has 0 spiro atoms. The molecule has 17 heavy (non-hydrogen) atoms. The molecule has 0 fully saturated rings. The second-order valence-electron chi connectivity index (χ2n) is 3.44. The highest BCUT2D eigenvalue weighted by atomic mass is 79.9. The molecule has 2 aromatic rings. The van der Waals surface area contributed by atoms with Gasteiger partial charge in [-0.3, -0.25) is 5.43 Å². The van der Waals surface area contributed by atoms with Crippen LogP contribution in [0.2, 0.25) is 0 Å². The van der Waals surface area contributed by atoms with Gasteiger partial charge in [-0.1, -0.05) is 28.1 Å². The van der Waals surface area contributed by atoms with Crippen molar-refractivity contribution < 1.29 is 5.11 Å². The third-order valence-electron chi connectivity index (χ3n) is 2.18. The average Bonchev–Trinajstić information content (AvgIpc) is 2.34. The number of para-hydroxylation sites is 1. The van der Waals surface area contributed by atoms with Crippen LogP contribution in [0, 0.1) is 0 Å². The number of phenolic OH excluding ortho intramolecular Hbond substituents is 1. The lowest BCUT2D eigenvalue weighted by Crippen LogP contribution is -1.90. The van der Waals surface area contributed by atoms with Gasteiger partial charge in [-0.05, 0) is 36.4 Å². The predicted octanol–water partition coefficient (Wildman–Crippen LogP) is 3.60. The summed E-state index contributed by atoms with van der Waals surface area (Å²) in [4.78, 5) is 0. The Kier molecular flexibility index (Phi) is 3.77. The summed E-state index contributed by atoms with van der Waals surface area (Å²) >= 11 is 3.36. The SMILES string of the molecule is Oc1ccccc1/C=N\Nc1ccc(Br)cc1. The van der Waals surface area contributed by atoms with Crippen molar-refractivity contribution in [3.8, 4) is 5.75 Å². The number of rotatable bonds is 3. The van der Waals surface area contributed by atoms with E-state index in [0.717, 1.165) is 10.2 Å². The molecule has 3 nitrogen and oxygen atoms in total. The summed E-state index contributed by atoms with van der Waals surface area (Å²) in [5, 5.41) is 13.6. The zero-order chi connectivity index (χ0) is 12.1. The Labute approximate surface area is 108 Å². The molecule has 4 heteroatoms. The van der Waals surface area contributed by atoms with Crippen LogP contribution in [0.4, 0.5) is 5.69 Å². The first-order chi connectivity index (χ1) is 8.25. The summed E-state index contributed by atoms with van der Waals surface area (Å²) in [7, 11) is 0. The van der Waals surface area contributed by atoms with Crippen molar-refractivity contribution in [3.05, 3.63) is 58.6 Å². The summed E-state index contributed by atoms with van der Waals surface area (Å²) in [5.74, 6) is 0.217. The number of halogens is 1. The lowest BCUT2D eigenvalue weighted by Gasteiger charge is -2.00. The van der Waals surface area contributed by atoms with Crippen LogP contribution < -0.4 is 5.43 Å². The van der Waals surface area contributed by atoms with E-state index in [1.807, 2.05) is 30.3 Å². The zero-order valence-electron chi connectivity index (χ0n) is 8.97. The lowest BCUT2D eigenvalue weighted by atomic mass is 10.2. The van der Waals surface area contributed by atoms with Gasteiger partial charge in [0.1, 0.15) is 5.75 Å². The molecular weight excluding hydrogens is 280 g/mol. The number of aromatic hydroxyl groups is 1. The van der Waals surface area contributed by atoms with E-state index in [1.54, 1.807) is 24.4 Å². The molecule has 0 unspecified atom stereocenters. The van der Waals surface area contributed by atoms with Crippen molar-refractivity contribution in [1.82, 2.24) is 0 Å². The summed E-state index contributed by atoms with van der Waals surface area (Å²) in [6.07, 6.45) is 1.58. The van der Waals surface area contributed by atoms with Crippen molar-refractivity contribution in [1.29, 1.82) is 0 Å². The second kappa shape index (κ2) is 5.50. The number of nitrogens with zero attached hydrogens (tertiary/aromatic N) is 1. The Morgan fingerprint density at radius 1 is 1.06 bits per heavy atom. The van der Waals surface area contributed by atoms with Gasteiger partial charge in [0.2, 0.25) is 0 Å². The minimum absolute atomic E-state index is 0.217. The summed E-state index contributed by atoms with van der Waals surface area (Å²) in [6.45, 7) is 0. The molecule has 0 aliphatic rings. The Bertz CT molecular complexity index is 523. The number of hydrogen-bond acceptors (Lipinski definition) is 3. The fourth-order valence-corrected chi connectivity index (χ4v) is 1.56. The van der Waals surface area contributed by atoms with Crippen LogP contribution in [-0.4, -0.2) is 11.3 Å². The van der Waals surface area contributed by atoms with Crippen molar-refractivity contribution in [2.24, 2.45) is 5.10 Å². The Morgan fingerprint density at radius 3 is 2.47 bits per heavy atom. The number of nitrogens with one attached hydrogen (secondary N) is 1. The fraction of sp³-hybridized carbons (Fsp3) is 0. The van der Waals surface area contributed by atoms with E-state index in [9.17, 15) is 5.11 Å². The monoisotopic (exact) mass is 290 g/mol. The summed E-state index contributed by atoms with van der Waals surface area (Å²) in [6, 6.07) is 14.7. The Balaban J connectivity index is 2.03. The van der Waals surface area contributed by atoms with Gasteiger partial charge in [0.25, 0.3) is 0 Å². The maximum atomic E-state index is 9.52. The van der Waals surface area contributed by atoms with E-state index < -0.39 is 0 Å². The molecule has 0 radical (unpaired) electrons. The highest BCUT2D eigenvalue weighted by Crippen LogP contribution is 2.15. The van der Waals surface area contributed by atoms with Crippen LogP contribution in [0.5, 0.6) is 5.75 Å². The topological polar surface area (TPSA) is 44.6 Å². The van der Waals surface area contributed by atoms with E-state index >= 15 is 0 Å². The molecule has 0 aliphatic heterocycles. The van der Waals surface area contributed by atoms with E-state index in [-0.39, 0.29) is 5.75 Å². The average molecular weight is 291 g/mol. The molecule has 2 N–H and O–H groups in total. The van der Waals surface area contributed by atoms with Crippen LogP contribution in [0.15, 0.2) is 58.1 Å². The second-order valence-corrected chi connectivity index (χ2v) is 4.35. The molecule has 2 rings (SSSR count). The molecule has 2 aromatic carbocycles. The number of anilines is 1. The van der Waals surface area contributed by atoms with Gasteiger partial charge < -0.3 is 5.11 Å². The number of phenols is 1. The van der Waals surface area contributed by atoms with Crippen molar-refractivity contribution >= 4 is 27.8 Å². The van der Waals surface area contributed by atoms with Crippen LogP contribution in [0.25, 0.3) is 0 Å². The van der Waals surface area contributed by atoms with Gasteiger partial charge in [0, 0.05) is 10.0 Å². The van der Waals surface area contributed by atoms with Crippen LogP contribution in [-0.2, 0) is 0 Å². The molecule has 0 saturated carbocycles. The van der Waals surface area contributed by atoms with E-state index in [2.05, 4.69) is 26.5 Å². The minimum atomic E-state index is 0.217. The van der Waals surface area contributed by atoms with Gasteiger partial charge in [0.15, 0.2) is 0 Å². The van der Waals surface area contributed by atoms with Crippen LogP contribution in [0.3, 0.4) is 0 Å². The summed E-state index contributed by atoms with van der Waals surface area (Å²) in [5.41, 5.74) is 4.45. The number of hydrogen-bond donors (Lipinski definition) is 2. The van der Waals surface area contributed by atoms with Gasteiger partial charge in [-0.15, -0.1) is 0 Å². The maximum absolute atomic E-state index is 9.52. The fourth-order valence-electron chi connectivity index (χ4n) is 1.30. The number of benzene rings is 2. The van der Waals surface area contributed by atoms with Gasteiger partial charge in [0.05, 0.1) is 11.9 Å². The van der Waals surface area contributed by atoms with E-state index in [1.165, 1.54) is 0 Å². The minimum Gasteiger partial charge on any atom is -0.507 e. The standard InChI is InChI=1S/C13H11BrN2O/c14-11-5-7-12(8-6-11)16-15-9-10-3-1-2-4-13(10)17/h1-9,16-17H/b15-9-. The van der Waals surface area contributed by atoms with E-state index in [0.29, 0.717) is 5.56 Å². The molecule has 0 amide bonds. The van der Waals surface area contributed by atoms with Gasteiger partial charge in [-0.2, -0.15) is 5.10 Å². The largest absolute Gasteiger partial charge is 0.507 e. The third kappa shape index (κ3) is 3.32.